The molecule has 3 rings (SSSR count). The first-order valence-corrected chi connectivity index (χ1v) is 5.96. The van der Waals surface area contributed by atoms with Gasteiger partial charge in [-0.3, -0.25) is 4.98 Å². The van der Waals surface area contributed by atoms with Gasteiger partial charge in [-0.15, -0.1) is 0 Å². The van der Waals surface area contributed by atoms with E-state index in [-0.39, 0.29) is 0 Å². The molecule has 0 amide bonds. The maximum atomic E-state index is 11.1. The first kappa shape index (κ1) is 11.0. The standard InChI is InChI=1S/C13H12N2O3/c16-8-14-13(5-1-2-6-13)9-3-4-11-10(7-9)15-12(17)18-11/h3-4,7H,1-2,5-6H2,(H,15,17). The van der Waals surface area contributed by atoms with Crippen LogP contribution in [0.2, 0.25) is 0 Å². The van der Waals surface area contributed by atoms with Gasteiger partial charge in [0.15, 0.2) is 5.58 Å². The summed E-state index contributed by atoms with van der Waals surface area (Å²) in [4.78, 5) is 28.4. The zero-order valence-corrected chi connectivity index (χ0v) is 9.73. The molecule has 1 aliphatic carbocycles. The Balaban J connectivity index is 2.17. The predicted octanol–water partition coefficient (Wildman–Crippen LogP) is 2.23. The van der Waals surface area contributed by atoms with Crippen LogP contribution in [0.4, 0.5) is 0 Å². The number of aliphatic imine (C=N–C) groups is 1. The van der Waals surface area contributed by atoms with E-state index < -0.39 is 11.3 Å². The van der Waals surface area contributed by atoms with E-state index in [2.05, 4.69) is 9.98 Å². The topological polar surface area (TPSA) is 75.4 Å². The zero-order valence-electron chi connectivity index (χ0n) is 9.73. The lowest BCUT2D eigenvalue weighted by molar-refractivity contribution is 0.456. The van der Waals surface area contributed by atoms with E-state index in [0.717, 1.165) is 31.2 Å². The summed E-state index contributed by atoms with van der Waals surface area (Å²) in [5.74, 6) is -0.471. The third kappa shape index (κ3) is 1.60. The summed E-state index contributed by atoms with van der Waals surface area (Å²) in [6.07, 6.45) is 5.46. The summed E-state index contributed by atoms with van der Waals surface area (Å²) >= 11 is 0. The van der Waals surface area contributed by atoms with E-state index in [1.54, 1.807) is 12.1 Å². The minimum absolute atomic E-state index is 0.468. The van der Waals surface area contributed by atoms with Crippen LogP contribution in [0, 0.1) is 0 Å². The van der Waals surface area contributed by atoms with Crippen molar-refractivity contribution in [1.29, 1.82) is 0 Å². The molecular weight excluding hydrogens is 232 g/mol. The third-order valence-electron chi connectivity index (χ3n) is 3.65. The molecule has 18 heavy (non-hydrogen) atoms. The molecule has 0 spiro atoms. The summed E-state index contributed by atoms with van der Waals surface area (Å²) in [6, 6.07) is 5.45. The molecule has 2 aromatic rings. The molecule has 0 saturated heterocycles. The van der Waals surface area contributed by atoms with Crippen LogP contribution in [0.5, 0.6) is 0 Å². The van der Waals surface area contributed by atoms with E-state index >= 15 is 0 Å². The van der Waals surface area contributed by atoms with Crippen LogP contribution in [0.15, 0.2) is 32.4 Å². The lowest BCUT2D eigenvalue weighted by Gasteiger charge is -2.22. The molecule has 1 aliphatic rings. The number of isocyanates is 1. The van der Waals surface area contributed by atoms with Crippen LogP contribution in [0.1, 0.15) is 31.2 Å². The summed E-state index contributed by atoms with van der Waals surface area (Å²) < 4.78 is 4.96. The van der Waals surface area contributed by atoms with Crippen molar-refractivity contribution >= 4 is 17.2 Å². The first-order valence-electron chi connectivity index (χ1n) is 5.96. The van der Waals surface area contributed by atoms with E-state index in [4.69, 9.17) is 4.42 Å². The highest BCUT2D eigenvalue weighted by Crippen LogP contribution is 2.42. The summed E-state index contributed by atoms with van der Waals surface area (Å²) in [6.45, 7) is 0. The zero-order chi connectivity index (χ0) is 12.6. The van der Waals surface area contributed by atoms with Gasteiger partial charge in [0.05, 0.1) is 11.1 Å². The molecule has 0 bridgehead atoms. The van der Waals surface area contributed by atoms with Crippen molar-refractivity contribution in [2.75, 3.05) is 0 Å². The van der Waals surface area contributed by atoms with Crippen molar-refractivity contribution in [2.24, 2.45) is 4.99 Å². The fourth-order valence-electron chi connectivity index (χ4n) is 2.75. The number of rotatable bonds is 2. The van der Waals surface area contributed by atoms with Gasteiger partial charge in [-0.1, -0.05) is 18.9 Å². The number of aromatic amines is 1. The number of fused-ring (bicyclic) bond motifs is 1. The molecule has 5 nitrogen and oxygen atoms in total. The van der Waals surface area contributed by atoms with Gasteiger partial charge in [0.25, 0.3) is 0 Å². The van der Waals surface area contributed by atoms with Crippen LogP contribution in [0.25, 0.3) is 11.1 Å². The molecule has 1 aromatic heterocycles. The molecule has 1 fully saturated rings. The molecule has 0 aliphatic heterocycles. The lowest BCUT2D eigenvalue weighted by atomic mass is 9.89. The minimum Gasteiger partial charge on any atom is -0.408 e. The lowest BCUT2D eigenvalue weighted by Crippen LogP contribution is -2.18. The molecular formula is C13H12N2O3. The van der Waals surface area contributed by atoms with Crippen LogP contribution >= 0.6 is 0 Å². The Morgan fingerprint density at radius 1 is 1.33 bits per heavy atom. The second-order valence-corrected chi connectivity index (χ2v) is 4.67. The molecule has 1 N–H and O–H groups in total. The Bertz CT molecular complexity index is 686. The smallest absolute Gasteiger partial charge is 0.408 e. The molecule has 5 heteroatoms. The number of nitrogens with zero attached hydrogens (tertiary/aromatic N) is 1. The number of benzene rings is 1. The highest BCUT2D eigenvalue weighted by molar-refractivity contribution is 5.73. The Hall–Kier alpha value is -2.13. The largest absolute Gasteiger partial charge is 0.417 e. The summed E-state index contributed by atoms with van der Waals surface area (Å²) in [7, 11) is 0. The Kier molecular flexibility index (Phi) is 2.42. The molecule has 0 atom stereocenters. The van der Waals surface area contributed by atoms with E-state index in [1.807, 2.05) is 12.1 Å². The molecule has 0 radical (unpaired) electrons. The Morgan fingerprint density at radius 3 is 2.83 bits per heavy atom. The summed E-state index contributed by atoms with van der Waals surface area (Å²) in [5.41, 5.74) is 1.63. The van der Waals surface area contributed by atoms with Crippen molar-refractivity contribution < 1.29 is 9.21 Å². The van der Waals surface area contributed by atoms with E-state index in [9.17, 15) is 9.59 Å². The van der Waals surface area contributed by atoms with Crippen LogP contribution < -0.4 is 5.76 Å². The monoisotopic (exact) mass is 244 g/mol. The number of carbonyl (C=O) groups excluding carboxylic acids is 1. The highest BCUT2D eigenvalue weighted by Gasteiger charge is 2.35. The highest BCUT2D eigenvalue weighted by atomic mass is 16.4. The van der Waals surface area contributed by atoms with Crippen molar-refractivity contribution in [2.45, 2.75) is 31.2 Å². The van der Waals surface area contributed by atoms with Crippen molar-refractivity contribution in [3.63, 3.8) is 0 Å². The maximum absolute atomic E-state index is 11.1. The van der Waals surface area contributed by atoms with Gasteiger partial charge in [0.2, 0.25) is 6.08 Å². The van der Waals surface area contributed by atoms with Crippen molar-refractivity contribution in [1.82, 2.24) is 4.98 Å². The summed E-state index contributed by atoms with van der Waals surface area (Å²) in [5, 5.41) is 0. The van der Waals surface area contributed by atoms with Crippen molar-refractivity contribution in [3.05, 3.63) is 34.3 Å². The number of hydrogen-bond donors (Lipinski definition) is 1. The molecule has 1 saturated carbocycles. The van der Waals surface area contributed by atoms with Gasteiger partial charge in [-0.25, -0.2) is 9.59 Å². The quantitative estimate of drug-likeness (QED) is 0.650. The van der Waals surface area contributed by atoms with Gasteiger partial charge < -0.3 is 4.42 Å². The van der Waals surface area contributed by atoms with E-state index in [0.29, 0.717) is 11.1 Å². The number of hydrogen-bond acceptors (Lipinski definition) is 4. The minimum atomic E-state index is -0.471. The second-order valence-electron chi connectivity index (χ2n) is 4.67. The van der Waals surface area contributed by atoms with Gasteiger partial charge in [-0.2, -0.15) is 4.99 Å². The average Bonchev–Trinajstić information content (AvgIpc) is 2.94. The fraction of sp³-hybridized carbons (Fsp3) is 0.385. The molecule has 1 aromatic carbocycles. The normalized spacial score (nSPS) is 17.8. The first-order chi connectivity index (χ1) is 8.73. The van der Waals surface area contributed by atoms with Crippen LogP contribution in [-0.4, -0.2) is 11.1 Å². The Labute approximate surface area is 103 Å². The van der Waals surface area contributed by atoms with Crippen LogP contribution in [-0.2, 0) is 10.3 Å². The van der Waals surface area contributed by atoms with E-state index in [1.165, 1.54) is 0 Å². The average molecular weight is 244 g/mol. The molecule has 92 valence electrons. The number of nitrogens with one attached hydrogen (secondary N) is 1. The number of oxazole rings is 1. The Morgan fingerprint density at radius 2 is 2.11 bits per heavy atom. The molecule has 1 heterocycles. The maximum Gasteiger partial charge on any atom is 0.417 e. The fourth-order valence-corrected chi connectivity index (χ4v) is 2.75. The predicted molar refractivity (Wildman–Crippen MR) is 65.1 cm³/mol. The van der Waals surface area contributed by atoms with Gasteiger partial charge in [0, 0.05) is 0 Å². The second kappa shape index (κ2) is 3.96. The number of H-pyrrole nitrogens is 1. The third-order valence-corrected chi connectivity index (χ3v) is 3.65. The van der Waals surface area contributed by atoms with Gasteiger partial charge >= 0.3 is 5.76 Å². The van der Waals surface area contributed by atoms with Gasteiger partial charge in [-0.05, 0) is 30.5 Å². The SMILES string of the molecule is O=C=NC1(c2ccc3oc(=O)[nH]c3c2)CCCC1. The molecule has 0 unspecified atom stereocenters. The van der Waals surface area contributed by atoms with Gasteiger partial charge in [0.1, 0.15) is 0 Å². The number of aromatic nitrogens is 1. The van der Waals surface area contributed by atoms with Crippen molar-refractivity contribution in [3.8, 4) is 0 Å². The van der Waals surface area contributed by atoms with Crippen LogP contribution in [0.3, 0.4) is 0 Å².